The van der Waals surface area contributed by atoms with E-state index in [9.17, 15) is 14.4 Å². The molecule has 0 spiro atoms. The molecule has 0 saturated carbocycles. The van der Waals surface area contributed by atoms with E-state index in [0.717, 1.165) is 22.5 Å². The molecule has 2 heterocycles. The SMILES string of the molecule is Cc1ccc(NC(=O)c2nnc(C(=O)N3CCC[C@H](C(=O)NCc4ccc(Cl)cc4)C3)s2)cc1. The summed E-state index contributed by atoms with van der Waals surface area (Å²) in [6.45, 7) is 3.19. The van der Waals surface area contributed by atoms with Crippen LogP contribution < -0.4 is 10.6 Å². The van der Waals surface area contributed by atoms with Gasteiger partial charge in [0.15, 0.2) is 0 Å². The van der Waals surface area contributed by atoms with Gasteiger partial charge in [0.05, 0.1) is 5.92 Å². The van der Waals surface area contributed by atoms with Crippen molar-refractivity contribution in [3.8, 4) is 0 Å². The zero-order chi connectivity index (χ0) is 24.1. The summed E-state index contributed by atoms with van der Waals surface area (Å²) in [6.07, 6.45) is 1.42. The molecule has 2 N–H and O–H groups in total. The van der Waals surface area contributed by atoms with Crippen molar-refractivity contribution in [3.05, 3.63) is 74.7 Å². The number of aromatic nitrogens is 2. The van der Waals surface area contributed by atoms with Crippen LogP contribution in [0.5, 0.6) is 0 Å². The summed E-state index contributed by atoms with van der Waals surface area (Å²) in [5.74, 6) is -1.13. The summed E-state index contributed by atoms with van der Waals surface area (Å²) in [5.41, 5.74) is 2.68. The Bertz CT molecular complexity index is 1180. The van der Waals surface area contributed by atoms with E-state index in [-0.39, 0.29) is 27.7 Å². The second-order valence-corrected chi connectivity index (χ2v) is 9.58. The first kappa shape index (κ1) is 23.8. The monoisotopic (exact) mass is 497 g/mol. The van der Waals surface area contributed by atoms with Gasteiger partial charge in [-0.1, -0.05) is 52.8 Å². The largest absolute Gasteiger partial charge is 0.352 e. The number of amides is 3. The normalized spacial score (nSPS) is 15.6. The Morgan fingerprint density at radius 3 is 2.50 bits per heavy atom. The average molecular weight is 498 g/mol. The molecule has 176 valence electrons. The molecule has 0 bridgehead atoms. The molecule has 1 aliphatic rings. The number of carbonyl (C=O) groups is 3. The molecule has 34 heavy (non-hydrogen) atoms. The molecule has 1 fully saturated rings. The van der Waals surface area contributed by atoms with E-state index >= 15 is 0 Å². The highest BCUT2D eigenvalue weighted by Gasteiger charge is 2.30. The summed E-state index contributed by atoms with van der Waals surface area (Å²) in [4.78, 5) is 39.7. The third-order valence-electron chi connectivity index (χ3n) is 5.57. The van der Waals surface area contributed by atoms with Gasteiger partial charge in [-0.3, -0.25) is 14.4 Å². The van der Waals surface area contributed by atoms with E-state index in [2.05, 4.69) is 20.8 Å². The van der Waals surface area contributed by atoms with Gasteiger partial charge in [0, 0.05) is 30.3 Å². The lowest BCUT2D eigenvalue weighted by Crippen LogP contribution is -2.45. The number of halogens is 1. The fraction of sp³-hybridized carbons (Fsp3) is 0.292. The molecular formula is C24H24ClN5O3S. The standard InChI is InChI=1S/C24H24ClN5O3S/c1-15-4-10-19(11-5-15)27-21(32)22-28-29-23(34-22)24(33)30-12-2-3-17(14-30)20(31)26-13-16-6-8-18(25)9-7-16/h4-11,17H,2-3,12-14H2,1H3,(H,26,31)(H,27,32)/t17-/m0/s1. The van der Waals surface area contributed by atoms with Gasteiger partial charge in [0.25, 0.3) is 11.8 Å². The quantitative estimate of drug-likeness (QED) is 0.537. The zero-order valence-corrected chi connectivity index (χ0v) is 20.2. The van der Waals surface area contributed by atoms with Gasteiger partial charge in [0.1, 0.15) is 0 Å². The molecule has 4 rings (SSSR count). The molecule has 1 aliphatic heterocycles. The summed E-state index contributed by atoms with van der Waals surface area (Å²) >= 11 is 6.84. The minimum absolute atomic E-state index is 0.0946. The number of aryl methyl sites for hydroxylation is 1. The van der Waals surface area contributed by atoms with E-state index in [1.54, 1.807) is 29.2 Å². The Kier molecular flexibility index (Phi) is 7.54. The number of carbonyl (C=O) groups excluding carboxylic acids is 3. The number of anilines is 1. The average Bonchev–Trinajstić information content (AvgIpc) is 3.35. The Hall–Kier alpha value is -3.30. The van der Waals surface area contributed by atoms with Crippen LogP contribution in [0.2, 0.25) is 5.02 Å². The molecular weight excluding hydrogens is 474 g/mol. The number of likely N-dealkylation sites (tertiary alicyclic amines) is 1. The second kappa shape index (κ2) is 10.8. The number of piperidine rings is 1. The lowest BCUT2D eigenvalue weighted by atomic mass is 9.97. The first-order chi connectivity index (χ1) is 16.4. The van der Waals surface area contributed by atoms with Crippen LogP contribution in [0.15, 0.2) is 48.5 Å². The molecule has 0 aliphatic carbocycles. The Morgan fingerprint density at radius 2 is 1.76 bits per heavy atom. The topological polar surface area (TPSA) is 104 Å². The molecule has 3 amide bonds. The summed E-state index contributed by atoms with van der Waals surface area (Å²) in [5, 5.41) is 14.4. The minimum atomic E-state index is -0.418. The number of nitrogens with zero attached hydrogens (tertiary/aromatic N) is 3. The van der Waals surface area contributed by atoms with Crippen molar-refractivity contribution in [2.45, 2.75) is 26.3 Å². The van der Waals surface area contributed by atoms with Crippen molar-refractivity contribution in [2.24, 2.45) is 5.92 Å². The molecule has 10 heteroatoms. The molecule has 2 aromatic carbocycles. The summed E-state index contributed by atoms with van der Waals surface area (Å²) in [7, 11) is 0. The van der Waals surface area contributed by atoms with E-state index in [1.165, 1.54) is 0 Å². The van der Waals surface area contributed by atoms with Crippen LogP contribution in [0.4, 0.5) is 5.69 Å². The van der Waals surface area contributed by atoms with E-state index in [0.29, 0.717) is 43.2 Å². The van der Waals surface area contributed by atoms with Crippen LogP contribution in [-0.2, 0) is 11.3 Å². The van der Waals surface area contributed by atoms with Crippen LogP contribution in [0.3, 0.4) is 0 Å². The van der Waals surface area contributed by atoms with Crippen molar-refractivity contribution in [1.82, 2.24) is 20.4 Å². The molecule has 1 aromatic heterocycles. The van der Waals surface area contributed by atoms with Gasteiger partial charge in [0.2, 0.25) is 15.9 Å². The van der Waals surface area contributed by atoms with Crippen LogP contribution >= 0.6 is 22.9 Å². The second-order valence-electron chi connectivity index (χ2n) is 8.17. The Balaban J connectivity index is 1.33. The van der Waals surface area contributed by atoms with Gasteiger partial charge in [-0.15, -0.1) is 10.2 Å². The van der Waals surface area contributed by atoms with E-state index in [4.69, 9.17) is 11.6 Å². The molecule has 8 nitrogen and oxygen atoms in total. The van der Waals surface area contributed by atoms with Crippen molar-refractivity contribution in [1.29, 1.82) is 0 Å². The highest BCUT2D eigenvalue weighted by molar-refractivity contribution is 7.15. The first-order valence-electron chi connectivity index (χ1n) is 10.9. The predicted molar refractivity (Wildman–Crippen MR) is 131 cm³/mol. The molecule has 3 aromatic rings. The van der Waals surface area contributed by atoms with Crippen molar-refractivity contribution >= 4 is 46.3 Å². The number of benzene rings is 2. The molecule has 0 radical (unpaired) electrons. The number of hydrogen-bond donors (Lipinski definition) is 2. The molecule has 1 saturated heterocycles. The van der Waals surface area contributed by atoms with Crippen LogP contribution in [-0.4, -0.2) is 45.9 Å². The lowest BCUT2D eigenvalue weighted by molar-refractivity contribution is -0.126. The fourth-order valence-corrected chi connectivity index (χ4v) is 4.50. The fourth-order valence-electron chi connectivity index (χ4n) is 3.67. The zero-order valence-electron chi connectivity index (χ0n) is 18.6. The van der Waals surface area contributed by atoms with Crippen LogP contribution in [0.25, 0.3) is 0 Å². The van der Waals surface area contributed by atoms with Crippen molar-refractivity contribution < 1.29 is 14.4 Å². The van der Waals surface area contributed by atoms with Crippen molar-refractivity contribution in [3.63, 3.8) is 0 Å². The van der Waals surface area contributed by atoms with Crippen molar-refractivity contribution in [2.75, 3.05) is 18.4 Å². The van der Waals surface area contributed by atoms with Gasteiger partial charge >= 0.3 is 0 Å². The third kappa shape index (κ3) is 5.98. The molecule has 0 unspecified atom stereocenters. The smallest absolute Gasteiger partial charge is 0.286 e. The summed E-state index contributed by atoms with van der Waals surface area (Å²) in [6, 6.07) is 14.7. The van der Waals surface area contributed by atoms with Gasteiger partial charge in [-0.2, -0.15) is 0 Å². The van der Waals surface area contributed by atoms with E-state index < -0.39 is 5.91 Å². The Labute approximate surface area is 206 Å². The first-order valence-corrected chi connectivity index (χ1v) is 12.1. The van der Waals surface area contributed by atoms with Gasteiger partial charge in [-0.05, 0) is 49.6 Å². The van der Waals surface area contributed by atoms with Gasteiger partial charge < -0.3 is 15.5 Å². The third-order valence-corrected chi connectivity index (χ3v) is 6.73. The number of rotatable bonds is 6. The maximum atomic E-state index is 13.0. The minimum Gasteiger partial charge on any atom is -0.352 e. The van der Waals surface area contributed by atoms with Crippen LogP contribution in [0.1, 0.15) is 43.6 Å². The maximum Gasteiger partial charge on any atom is 0.286 e. The number of hydrogen-bond acceptors (Lipinski definition) is 6. The summed E-state index contributed by atoms with van der Waals surface area (Å²) < 4.78 is 0. The van der Waals surface area contributed by atoms with Gasteiger partial charge in [-0.25, -0.2) is 0 Å². The highest BCUT2D eigenvalue weighted by atomic mass is 35.5. The van der Waals surface area contributed by atoms with E-state index in [1.807, 2.05) is 31.2 Å². The predicted octanol–water partition coefficient (Wildman–Crippen LogP) is 3.92. The molecule has 1 atom stereocenters. The van der Waals surface area contributed by atoms with Crippen LogP contribution in [0, 0.1) is 12.8 Å². The highest BCUT2D eigenvalue weighted by Crippen LogP contribution is 2.21. The lowest BCUT2D eigenvalue weighted by Gasteiger charge is -2.31. The maximum absolute atomic E-state index is 13.0. The Morgan fingerprint density at radius 1 is 1.06 bits per heavy atom. The number of nitrogens with one attached hydrogen (secondary N) is 2.